The zero-order chi connectivity index (χ0) is 16.4. The summed E-state index contributed by atoms with van der Waals surface area (Å²) in [4.78, 5) is 4.87. The highest BCUT2D eigenvalue weighted by atomic mass is 16.5. The van der Waals surface area contributed by atoms with E-state index in [1.165, 1.54) is 11.1 Å². The molecule has 3 heterocycles. The third kappa shape index (κ3) is 3.36. The fourth-order valence-electron chi connectivity index (χ4n) is 3.44. The molecule has 0 unspecified atom stereocenters. The Balaban J connectivity index is 1.28. The zero-order valence-corrected chi connectivity index (χ0v) is 14.2. The molecule has 1 aromatic heterocycles. The molecule has 0 saturated carbocycles. The summed E-state index contributed by atoms with van der Waals surface area (Å²) in [6.07, 6.45) is 2.16. The summed E-state index contributed by atoms with van der Waals surface area (Å²) in [5.74, 6) is 2.07. The van der Waals surface area contributed by atoms with Crippen LogP contribution >= 0.6 is 0 Å². The highest BCUT2D eigenvalue weighted by Crippen LogP contribution is 2.26. The third-order valence-corrected chi connectivity index (χ3v) is 4.95. The summed E-state index contributed by atoms with van der Waals surface area (Å²) >= 11 is 0. The standard InChI is InChI=1S/C19H24N4O/c1-15-2-5-19(21-20-15)23-11-9-22(10-12-23)8-6-16-3-4-18-17(14-16)7-13-24-18/h2-5,14H,6-13H2,1H3. The van der Waals surface area contributed by atoms with Crippen molar-refractivity contribution in [2.24, 2.45) is 0 Å². The number of aryl methyl sites for hydroxylation is 1. The fraction of sp³-hybridized carbons (Fsp3) is 0.474. The van der Waals surface area contributed by atoms with Crippen molar-refractivity contribution in [3.05, 3.63) is 47.2 Å². The first-order valence-electron chi connectivity index (χ1n) is 8.80. The van der Waals surface area contributed by atoms with E-state index in [2.05, 4.69) is 44.3 Å². The molecule has 1 fully saturated rings. The first-order chi connectivity index (χ1) is 11.8. The lowest BCUT2D eigenvalue weighted by Gasteiger charge is -2.35. The number of ether oxygens (including phenoxy) is 1. The molecule has 5 nitrogen and oxygen atoms in total. The second-order valence-corrected chi connectivity index (χ2v) is 6.65. The molecule has 0 radical (unpaired) electrons. The van der Waals surface area contributed by atoms with Gasteiger partial charge in [0.1, 0.15) is 5.75 Å². The molecule has 4 rings (SSSR count). The van der Waals surface area contributed by atoms with Crippen LogP contribution in [0.15, 0.2) is 30.3 Å². The number of fused-ring (bicyclic) bond motifs is 1. The van der Waals surface area contributed by atoms with Crippen LogP contribution in [0.2, 0.25) is 0 Å². The normalized spacial score (nSPS) is 17.6. The summed E-state index contributed by atoms with van der Waals surface area (Å²) in [6, 6.07) is 10.8. The molecular formula is C19H24N4O. The Bertz CT molecular complexity index is 693. The van der Waals surface area contributed by atoms with E-state index in [9.17, 15) is 0 Å². The summed E-state index contributed by atoms with van der Waals surface area (Å²) in [7, 11) is 0. The average Bonchev–Trinajstić information content (AvgIpc) is 3.09. The summed E-state index contributed by atoms with van der Waals surface area (Å²) in [5, 5.41) is 8.46. The van der Waals surface area contributed by atoms with Crippen LogP contribution in [0.1, 0.15) is 16.8 Å². The number of aromatic nitrogens is 2. The molecule has 2 aliphatic heterocycles. The second-order valence-electron chi connectivity index (χ2n) is 6.65. The van der Waals surface area contributed by atoms with Crippen LogP contribution in [-0.4, -0.2) is 54.4 Å². The molecule has 0 amide bonds. The Hall–Kier alpha value is -2.14. The number of nitrogens with zero attached hydrogens (tertiary/aromatic N) is 4. The van der Waals surface area contributed by atoms with Gasteiger partial charge < -0.3 is 9.64 Å². The number of hydrogen-bond acceptors (Lipinski definition) is 5. The maximum atomic E-state index is 5.58. The van der Waals surface area contributed by atoms with Gasteiger partial charge in [-0.25, -0.2) is 0 Å². The van der Waals surface area contributed by atoms with Gasteiger partial charge in [0.05, 0.1) is 12.3 Å². The van der Waals surface area contributed by atoms with Crippen LogP contribution in [0.3, 0.4) is 0 Å². The summed E-state index contributed by atoms with van der Waals surface area (Å²) < 4.78 is 5.58. The minimum atomic E-state index is 0.836. The molecule has 1 saturated heterocycles. The van der Waals surface area contributed by atoms with E-state index in [1.807, 2.05) is 13.0 Å². The van der Waals surface area contributed by atoms with Gasteiger partial charge in [-0.15, -0.1) is 5.10 Å². The quantitative estimate of drug-likeness (QED) is 0.861. The van der Waals surface area contributed by atoms with Crippen molar-refractivity contribution in [2.45, 2.75) is 19.8 Å². The van der Waals surface area contributed by atoms with Crippen molar-refractivity contribution < 1.29 is 4.74 Å². The molecule has 126 valence electrons. The lowest BCUT2D eigenvalue weighted by Crippen LogP contribution is -2.47. The fourth-order valence-corrected chi connectivity index (χ4v) is 3.44. The van der Waals surface area contributed by atoms with Crippen LogP contribution in [0.25, 0.3) is 0 Å². The van der Waals surface area contributed by atoms with E-state index < -0.39 is 0 Å². The summed E-state index contributed by atoms with van der Waals surface area (Å²) in [5.41, 5.74) is 3.76. The van der Waals surface area contributed by atoms with Crippen molar-refractivity contribution in [3.63, 3.8) is 0 Å². The van der Waals surface area contributed by atoms with Gasteiger partial charge in [0.25, 0.3) is 0 Å². The van der Waals surface area contributed by atoms with Gasteiger partial charge >= 0.3 is 0 Å². The van der Waals surface area contributed by atoms with Gasteiger partial charge in [0, 0.05) is 39.1 Å². The van der Waals surface area contributed by atoms with E-state index >= 15 is 0 Å². The van der Waals surface area contributed by atoms with Crippen LogP contribution in [-0.2, 0) is 12.8 Å². The monoisotopic (exact) mass is 324 g/mol. The van der Waals surface area contributed by atoms with Crippen molar-refractivity contribution in [3.8, 4) is 5.75 Å². The smallest absolute Gasteiger partial charge is 0.151 e. The highest BCUT2D eigenvalue weighted by Gasteiger charge is 2.18. The SMILES string of the molecule is Cc1ccc(N2CCN(CCc3ccc4c(c3)CCO4)CC2)nn1. The van der Waals surface area contributed by atoms with Crippen LogP contribution in [0.5, 0.6) is 5.75 Å². The maximum Gasteiger partial charge on any atom is 0.151 e. The van der Waals surface area contributed by atoms with Gasteiger partial charge in [0.2, 0.25) is 0 Å². The van der Waals surface area contributed by atoms with Crippen molar-refractivity contribution in [1.82, 2.24) is 15.1 Å². The topological polar surface area (TPSA) is 41.5 Å². The Morgan fingerprint density at radius 3 is 2.71 bits per heavy atom. The largest absolute Gasteiger partial charge is 0.493 e. The molecular weight excluding hydrogens is 300 g/mol. The number of piperazine rings is 1. The number of anilines is 1. The van der Waals surface area contributed by atoms with Crippen molar-refractivity contribution >= 4 is 5.82 Å². The van der Waals surface area contributed by atoms with E-state index in [-0.39, 0.29) is 0 Å². The molecule has 2 aliphatic rings. The molecule has 0 aliphatic carbocycles. The average molecular weight is 324 g/mol. The third-order valence-electron chi connectivity index (χ3n) is 4.95. The lowest BCUT2D eigenvalue weighted by atomic mass is 10.1. The van der Waals surface area contributed by atoms with Gasteiger partial charge in [-0.1, -0.05) is 12.1 Å². The first kappa shape index (κ1) is 15.4. The maximum absolute atomic E-state index is 5.58. The van der Waals surface area contributed by atoms with Crippen molar-refractivity contribution in [1.29, 1.82) is 0 Å². The van der Waals surface area contributed by atoms with E-state index in [4.69, 9.17) is 4.74 Å². The predicted molar refractivity (Wildman–Crippen MR) is 94.8 cm³/mol. The summed E-state index contributed by atoms with van der Waals surface area (Å²) in [6.45, 7) is 8.15. The van der Waals surface area contributed by atoms with Crippen LogP contribution in [0, 0.1) is 6.92 Å². The van der Waals surface area contributed by atoms with E-state index in [0.29, 0.717) is 0 Å². The Labute approximate surface area is 143 Å². The Morgan fingerprint density at radius 2 is 1.92 bits per heavy atom. The Kier molecular flexibility index (Phi) is 4.34. The van der Waals surface area contributed by atoms with Crippen LogP contribution < -0.4 is 9.64 Å². The van der Waals surface area contributed by atoms with Gasteiger partial charge in [0.15, 0.2) is 5.82 Å². The number of rotatable bonds is 4. The molecule has 0 bridgehead atoms. The van der Waals surface area contributed by atoms with Gasteiger partial charge in [-0.2, -0.15) is 5.10 Å². The minimum Gasteiger partial charge on any atom is -0.493 e. The minimum absolute atomic E-state index is 0.836. The molecule has 0 spiro atoms. The first-order valence-corrected chi connectivity index (χ1v) is 8.80. The zero-order valence-electron chi connectivity index (χ0n) is 14.2. The lowest BCUT2D eigenvalue weighted by molar-refractivity contribution is 0.260. The van der Waals surface area contributed by atoms with E-state index in [0.717, 1.165) is 69.4 Å². The highest BCUT2D eigenvalue weighted by molar-refractivity contribution is 5.40. The molecule has 1 aromatic carbocycles. The number of benzene rings is 1. The van der Waals surface area contributed by atoms with Crippen molar-refractivity contribution in [2.75, 3.05) is 44.2 Å². The van der Waals surface area contributed by atoms with E-state index in [1.54, 1.807) is 0 Å². The Morgan fingerprint density at radius 1 is 1.04 bits per heavy atom. The number of hydrogen-bond donors (Lipinski definition) is 0. The molecule has 0 atom stereocenters. The molecule has 2 aromatic rings. The molecule has 5 heteroatoms. The van der Waals surface area contributed by atoms with Gasteiger partial charge in [-0.3, -0.25) is 4.90 Å². The predicted octanol–water partition coefficient (Wildman–Crippen LogP) is 2.08. The second kappa shape index (κ2) is 6.77. The molecule has 24 heavy (non-hydrogen) atoms. The molecule has 0 N–H and O–H groups in total. The van der Waals surface area contributed by atoms with Gasteiger partial charge in [-0.05, 0) is 42.7 Å². The van der Waals surface area contributed by atoms with Crippen LogP contribution in [0.4, 0.5) is 5.82 Å².